The minimum atomic E-state index is 0.183. The molecule has 1 atom stereocenters. The van der Waals surface area contributed by atoms with Crippen molar-refractivity contribution in [3.8, 4) is 11.5 Å². The molecule has 164 valence electrons. The molecule has 1 aliphatic rings. The van der Waals surface area contributed by atoms with Crippen LogP contribution in [0.2, 0.25) is 0 Å². The Kier molecular flexibility index (Phi) is 8.42. The third-order valence-corrected chi connectivity index (χ3v) is 6.03. The van der Waals surface area contributed by atoms with Gasteiger partial charge >= 0.3 is 0 Å². The molecule has 3 rings (SSSR count). The Morgan fingerprint density at radius 1 is 1.20 bits per heavy atom. The number of rotatable bonds is 9. The summed E-state index contributed by atoms with van der Waals surface area (Å²) in [5, 5.41) is 3.90. The van der Waals surface area contributed by atoms with E-state index >= 15 is 0 Å². The predicted molar refractivity (Wildman–Crippen MR) is 124 cm³/mol. The lowest BCUT2D eigenvalue weighted by molar-refractivity contribution is 0.172. The Bertz CT molecular complexity index is 837. The van der Waals surface area contributed by atoms with Crippen LogP contribution >= 0.6 is 15.9 Å². The van der Waals surface area contributed by atoms with Gasteiger partial charge in [0.2, 0.25) is 0 Å². The predicted octanol–water partition coefficient (Wildman–Crippen LogP) is 5.71. The molecular weight excluding hydrogens is 444 g/mol. The third-order valence-electron chi connectivity index (χ3n) is 5.60. The molecule has 0 saturated carbocycles. The first-order valence-corrected chi connectivity index (χ1v) is 11.4. The number of hydrogen-bond acceptors (Lipinski definition) is 5. The van der Waals surface area contributed by atoms with Gasteiger partial charge in [0.05, 0.1) is 20.8 Å². The number of likely N-dealkylation sites (tertiary alicyclic amines) is 1. The van der Waals surface area contributed by atoms with Crippen molar-refractivity contribution in [2.24, 2.45) is 0 Å². The van der Waals surface area contributed by atoms with Gasteiger partial charge in [0, 0.05) is 30.7 Å². The van der Waals surface area contributed by atoms with Crippen LogP contribution in [0.4, 0.5) is 0 Å². The van der Waals surface area contributed by atoms with Crippen molar-refractivity contribution in [1.29, 1.82) is 0 Å². The van der Waals surface area contributed by atoms with Crippen LogP contribution in [0.3, 0.4) is 0 Å². The highest BCUT2D eigenvalue weighted by Crippen LogP contribution is 2.36. The number of nitrogens with one attached hydrogen (secondary N) is 1. The van der Waals surface area contributed by atoms with Gasteiger partial charge in [0.15, 0.2) is 16.2 Å². The molecule has 1 saturated heterocycles. The van der Waals surface area contributed by atoms with E-state index in [4.69, 9.17) is 13.9 Å². The molecule has 2 aromatic rings. The van der Waals surface area contributed by atoms with Crippen LogP contribution in [-0.4, -0.2) is 38.3 Å². The lowest BCUT2D eigenvalue weighted by Crippen LogP contribution is -2.43. The average Bonchev–Trinajstić information content (AvgIpc) is 3.16. The van der Waals surface area contributed by atoms with Crippen LogP contribution < -0.4 is 14.8 Å². The standard InChI is InChI=1S/C24H33BrN2O3/c1-17(2)8-10-21(20-6-5-7-22(28-3)24(20)29-4)26-18-12-14-27(15-13-18)16-19-9-11-23(25)30-19/h5-9,11,18,21,26H,10,12-16H2,1-4H3. The van der Waals surface area contributed by atoms with Crippen molar-refractivity contribution in [2.75, 3.05) is 27.3 Å². The van der Waals surface area contributed by atoms with Gasteiger partial charge in [-0.15, -0.1) is 0 Å². The Morgan fingerprint density at radius 3 is 2.57 bits per heavy atom. The molecule has 1 aromatic carbocycles. The maximum Gasteiger partial charge on any atom is 0.169 e. The molecule has 1 unspecified atom stereocenters. The fourth-order valence-corrected chi connectivity index (χ4v) is 4.36. The number of halogens is 1. The minimum Gasteiger partial charge on any atom is -0.493 e. The molecule has 0 radical (unpaired) electrons. The van der Waals surface area contributed by atoms with E-state index in [0.29, 0.717) is 6.04 Å². The number of nitrogens with zero attached hydrogens (tertiary/aromatic N) is 1. The number of benzene rings is 1. The SMILES string of the molecule is COc1cccc(C(CC=C(C)C)NC2CCN(Cc3ccc(Br)o3)CC2)c1OC. The highest BCUT2D eigenvalue weighted by Gasteiger charge is 2.25. The van der Waals surface area contributed by atoms with Gasteiger partial charge in [-0.05, 0) is 67.2 Å². The van der Waals surface area contributed by atoms with Crippen LogP contribution in [0.15, 0.2) is 51.1 Å². The lowest BCUT2D eigenvalue weighted by atomic mass is 9.97. The van der Waals surface area contributed by atoms with Crippen molar-refractivity contribution in [3.05, 3.63) is 58.0 Å². The van der Waals surface area contributed by atoms with Crippen molar-refractivity contribution < 1.29 is 13.9 Å². The fraction of sp³-hybridized carbons (Fsp3) is 0.500. The number of piperidine rings is 1. The second-order valence-corrected chi connectivity index (χ2v) is 8.86. The van der Waals surface area contributed by atoms with Crippen LogP contribution in [0, 0.1) is 0 Å². The summed E-state index contributed by atoms with van der Waals surface area (Å²) in [5.74, 6) is 2.61. The molecule has 0 bridgehead atoms. The number of hydrogen-bond donors (Lipinski definition) is 1. The van der Waals surface area contributed by atoms with Gasteiger partial charge < -0.3 is 19.2 Å². The molecule has 0 amide bonds. The summed E-state index contributed by atoms with van der Waals surface area (Å²) in [6, 6.07) is 10.8. The van der Waals surface area contributed by atoms with Crippen LogP contribution in [0.1, 0.15) is 50.5 Å². The van der Waals surface area contributed by atoms with Gasteiger partial charge in [0.1, 0.15) is 5.76 Å². The quantitative estimate of drug-likeness (QED) is 0.469. The molecule has 1 N–H and O–H groups in total. The zero-order chi connectivity index (χ0) is 21.5. The maximum atomic E-state index is 5.72. The minimum absolute atomic E-state index is 0.183. The highest BCUT2D eigenvalue weighted by molar-refractivity contribution is 9.10. The second kappa shape index (κ2) is 11.0. The first-order valence-electron chi connectivity index (χ1n) is 10.6. The van der Waals surface area contributed by atoms with E-state index in [1.54, 1.807) is 14.2 Å². The third kappa shape index (κ3) is 6.13. The number of para-hydroxylation sites is 1. The zero-order valence-corrected chi connectivity index (χ0v) is 20.0. The monoisotopic (exact) mass is 476 g/mol. The molecular formula is C24H33BrN2O3. The summed E-state index contributed by atoms with van der Waals surface area (Å²) in [6.45, 7) is 7.26. The summed E-state index contributed by atoms with van der Waals surface area (Å²) in [4.78, 5) is 2.46. The molecule has 1 fully saturated rings. The number of allylic oxidation sites excluding steroid dienone is 1. The fourth-order valence-electron chi connectivity index (χ4n) is 4.02. The van der Waals surface area contributed by atoms with Gasteiger partial charge in [-0.25, -0.2) is 0 Å². The zero-order valence-electron chi connectivity index (χ0n) is 18.4. The molecule has 1 aromatic heterocycles. The van der Waals surface area contributed by atoms with E-state index in [1.165, 1.54) is 5.57 Å². The van der Waals surface area contributed by atoms with E-state index in [1.807, 2.05) is 24.3 Å². The smallest absolute Gasteiger partial charge is 0.169 e. The summed E-state index contributed by atoms with van der Waals surface area (Å²) >= 11 is 3.38. The Balaban J connectivity index is 1.67. The van der Waals surface area contributed by atoms with Crippen LogP contribution in [0.25, 0.3) is 0 Å². The Morgan fingerprint density at radius 2 is 1.97 bits per heavy atom. The van der Waals surface area contributed by atoms with Crippen LogP contribution in [0.5, 0.6) is 11.5 Å². The molecule has 30 heavy (non-hydrogen) atoms. The number of ether oxygens (including phenoxy) is 2. The molecule has 1 aliphatic heterocycles. The summed E-state index contributed by atoms with van der Waals surface area (Å²) in [6.07, 6.45) is 5.44. The number of methoxy groups -OCH3 is 2. The highest BCUT2D eigenvalue weighted by atomic mass is 79.9. The maximum absolute atomic E-state index is 5.72. The van der Waals surface area contributed by atoms with Crippen molar-refractivity contribution in [2.45, 2.75) is 51.7 Å². The van der Waals surface area contributed by atoms with Crippen LogP contribution in [-0.2, 0) is 6.54 Å². The molecule has 0 spiro atoms. The molecule has 5 nitrogen and oxygen atoms in total. The summed E-state index contributed by atoms with van der Waals surface area (Å²) in [5.41, 5.74) is 2.47. The van der Waals surface area contributed by atoms with Crippen molar-refractivity contribution in [1.82, 2.24) is 10.2 Å². The van der Waals surface area contributed by atoms with Gasteiger partial charge in [-0.2, -0.15) is 0 Å². The lowest BCUT2D eigenvalue weighted by Gasteiger charge is -2.34. The normalized spacial score (nSPS) is 16.3. The van der Waals surface area contributed by atoms with Gasteiger partial charge in [-0.3, -0.25) is 4.90 Å². The topological polar surface area (TPSA) is 46.9 Å². The van der Waals surface area contributed by atoms with E-state index in [0.717, 1.165) is 66.4 Å². The molecule has 0 aliphatic carbocycles. The molecule has 2 heterocycles. The Hall–Kier alpha value is -1.76. The van der Waals surface area contributed by atoms with Crippen molar-refractivity contribution in [3.63, 3.8) is 0 Å². The van der Waals surface area contributed by atoms with E-state index in [9.17, 15) is 0 Å². The largest absolute Gasteiger partial charge is 0.493 e. The first-order chi connectivity index (χ1) is 14.5. The van der Waals surface area contributed by atoms with Gasteiger partial charge in [-0.1, -0.05) is 23.8 Å². The number of furan rings is 1. The molecule has 6 heteroatoms. The average molecular weight is 477 g/mol. The summed E-state index contributed by atoms with van der Waals surface area (Å²) in [7, 11) is 3.40. The summed E-state index contributed by atoms with van der Waals surface area (Å²) < 4.78 is 17.7. The van der Waals surface area contributed by atoms with E-state index in [-0.39, 0.29) is 6.04 Å². The second-order valence-electron chi connectivity index (χ2n) is 8.08. The Labute approximate surface area is 188 Å². The van der Waals surface area contributed by atoms with E-state index in [2.05, 4.69) is 52.1 Å². The van der Waals surface area contributed by atoms with Gasteiger partial charge in [0.25, 0.3) is 0 Å². The van der Waals surface area contributed by atoms with Crippen molar-refractivity contribution >= 4 is 15.9 Å². The first kappa shape index (κ1) is 22.9. The van der Waals surface area contributed by atoms with E-state index < -0.39 is 0 Å².